The molecule has 21 heavy (non-hydrogen) atoms. The van der Waals surface area contributed by atoms with Crippen LogP contribution in [0.25, 0.3) is 6.08 Å². The van der Waals surface area contributed by atoms with Crippen LogP contribution in [0.3, 0.4) is 0 Å². The fourth-order valence-corrected chi connectivity index (χ4v) is 1.84. The summed E-state index contributed by atoms with van der Waals surface area (Å²) >= 11 is 0. The summed E-state index contributed by atoms with van der Waals surface area (Å²) in [7, 11) is 0. The number of hydrogen-bond donors (Lipinski definition) is 3. The lowest BCUT2D eigenvalue weighted by Gasteiger charge is -2.14. The van der Waals surface area contributed by atoms with E-state index in [-0.39, 0.29) is 11.9 Å². The Balaban J connectivity index is 2.08. The highest BCUT2D eigenvalue weighted by atomic mass is 16.4. The second-order valence-corrected chi connectivity index (χ2v) is 4.51. The first kappa shape index (κ1) is 14.5. The smallest absolute Gasteiger partial charge is 0.328 e. The van der Waals surface area contributed by atoms with Crippen molar-refractivity contribution in [2.75, 3.05) is 0 Å². The molecule has 0 aliphatic heterocycles. The molecule has 6 nitrogen and oxygen atoms in total. The largest absolute Gasteiger partial charge is 0.478 e. The molecule has 0 saturated carbocycles. The van der Waals surface area contributed by atoms with Gasteiger partial charge in [0.2, 0.25) is 0 Å². The van der Waals surface area contributed by atoms with Gasteiger partial charge in [-0.25, -0.2) is 4.79 Å². The van der Waals surface area contributed by atoms with E-state index >= 15 is 0 Å². The van der Waals surface area contributed by atoms with Gasteiger partial charge < -0.3 is 10.4 Å². The summed E-state index contributed by atoms with van der Waals surface area (Å²) in [5.74, 6) is -1.24. The van der Waals surface area contributed by atoms with Crippen LogP contribution < -0.4 is 5.32 Å². The Bertz CT molecular complexity index is 663. The van der Waals surface area contributed by atoms with Gasteiger partial charge in [0.1, 0.15) is 5.69 Å². The predicted molar refractivity (Wildman–Crippen MR) is 77.6 cm³/mol. The van der Waals surface area contributed by atoms with Crippen molar-refractivity contribution < 1.29 is 14.7 Å². The lowest BCUT2D eigenvalue weighted by Crippen LogP contribution is -2.26. The van der Waals surface area contributed by atoms with E-state index in [9.17, 15) is 9.59 Å². The number of aromatic amines is 1. The van der Waals surface area contributed by atoms with E-state index in [1.54, 1.807) is 12.1 Å². The average molecular weight is 285 g/mol. The summed E-state index contributed by atoms with van der Waals surface area (Å²) < 4.78 is 0. The number of amides is 1. The van der Waals surface area contributed by atoms with Crippen molar-refractivity contribution in [3.05, 3.63) is 59.4 Å². The van der Waals surface area contributed by atoms with Gasteiger partial charge in [-0.3, -0.25) is 9.89 Å². The quantitative estimate of drug-likeness (QED) is 0.732. The summed E-state index contributed by atoms with van der Waals surface area (Å²) in [5, 5.41) is 17.8. The standard InChI is InChI=1S/C15H15N3O3/c1-10(17-15(21)13-7-8-16-18-13)12-4-2-3-11(9-12)5-6-14(19)20/h2-10H,1H3,(H,16,18)(H,17,21)(H,19,20). The van der Waals surface area contributed by atoms with Gasteiger partial charge in [-0.15, -0.1) is 0 Å². The first-order chi connectivity index (χ1) is 10.1. The zero-order valence-electron chi connectivity index (χ0n) is 11.4. The Kier molecular flexibility index (Phi) is 4.50. The first-order valence-corrected chi connectivity index (χ1v) is 6.37. The van der Waals surface area contributed by atoms with Crippen molar-refractivity contribution in [1.29, 1.82) is 0 Å². The summed E-state index contributed by atoms with van der Waals surface area (Å²) in [5.41, 5.74) is 2.04. The molecule has 108 valence electrons. The van der Waals surface area contributed by atoms with Crippen LogP contribution in [-0.4, -0.2) is 27.2 Å². The van der Waals surface area contributed by atoms with Gasteiger partial charge in [0.15, 0.2) is 0 Å². The lowest BCUT2D eigenvalue weighted by atomic mass is 10.0. The van der Waals surface area contributed by atoms with E-state index in [2.05, 4.69) is 15.5 Å². The molecule has 0 spiro atoms. The van der Waals surface area contributed by atoms with Crippen LogP contribution in [0.15, 0.2) is 42.6 Å². The molecule has 0 bridgehead atoms. The molecule has 1 aromatic carbocycles. The second kappa shape index (κ2) is 6.51. The van der Waals surface area contributed by atoms with Gasteiger partial charge in [-0.2, -0.15) is 5.10 Å². The van der Waals surface area contributed by atoms with Crippen molar-refractivity contribution in [2.45, 2.75) is 13.0 Å². The Morgan fingerprint density at radius 3 is 2.86 bits per heavy atom. The molecule has 3 N–H and O–H groups in total. The highest BCUT2D eigenvalue weighted by Crippen LogP contribution is 2.15. The third-order valence-electron chi connectivity index (χ3n) is 2.92. The van der Waals surface area contributed by atoms with Gasteiger partial charge in [-0.05, 0) is 36.3 Å². The molecule has 1 aromatic heterocycles. The molecule has 1 atom stereocenters. The number of aliphatic carboxylic acids is 1. The number of benzene rings is 1. The van der Waals surface area contributed by atoms with Crippen molar-refractivity contribution in [2.24, 2.45) is 0 Å². The monoisotopic (exact) mass is 285 g/mol. The Hall–Kier alpha value is -2.89. The van der Waals surface area contributed by atoms with E-state index in [0.29, 0.717) is 5.69 Å². The molecule has 0 saturated heterocycles. The highest BCUT2D eigenvalue weighted by Gasteiger charge is 2.12. The maximum absolute atomic E-state index is 11.9. The first-order valence-electron chi connectivity index (χ1n) is 6.37. The summed E-state index contributed by atoms with van der Waals surface area (Å²) in [6.45, 7) is 1.86. The topological polar surface area (TPSA) is 95.1 Å². The molecule has 2 rings (SSSR count). The maximum atomic E-state index is 11.9. The van der Waals surface area contributed by atoms with Crippen LogP contribution in [0.1, 0.15) is 34.6 Å². The lowest BCUT2D eigenvalue weighted by molar-refractivity contribution is -0.131. The molecule has 1 unspecified atom stereocenters. The fraction of sp³-hybridized carbons (Fsp3) is 0.133. The average Bonchev–Trinajstić information content (AvgIpc) is 2.99. The van der Waals surface area contributed by atoms with Crippen LogP contribution in [0.5, 0.6) is 0 Å². The van der Waals surface area contributed by atoms with Crippen LogP contribution in [-0.2, 0) is 4.79 Å². The maximum Gasteiger partial charge on any atom is 0.328 e. The van der Waals surface area contributed by atoms with E-state index in [1.807, 2.05) is 25.1 Å². The number of aromatic nitrogens is 2. The number of carbonyl (C=O) groups excluding carboxylic acids is 1. The molecule has 0 radical (unpaired) electrons. The van der Waals surface area contributed by atoms with E-state index in [4.69, 9.17) is 5.11 Å². The molecule has 6 heteroatoms. The summed E-state index contributed by atoms with van der Waals surface area (Å²) in [4.78, 5) is 22.4. The number of H-pyrrole nitrogens is 1. The molecule has 1 amide bonds. The molecule has 0 fully saturated rings. The number of carboxylic acid groups (broad SMARTS) is 1. The fourth-order valence-electron chi connectivity index (χ4n) is 1.84. The van der Waals surface area contributed by atoms with E-state index in [1.165, 1.54) is 12.3 Å². The minimum absolute atomic E-state index is 0.209. The minimum Gasteiger partial charge on any atom is -0.478 e. The number of nitrogens with one attached hydrogen (secondary N) is 2. The second-order valence-electron chi connectivity index (χ2n) is 4.51. The Morgan fingerprint density at radius 1 is 1.38 bits per heavy atom. The molecular formula is C15H15N3O3. The van der Waals surface area contributed by atoms with Gasteiger partial charge in [-0.1, -0.05) is 18.2 Å². The van der Waals surface area contributed by atoms with Crippen molar-refractivity contribution in [3.8, 4) is 0 Å². The third kappa shape index (κ3) is 4.04. The SMILES string of the molecule is CC(NC(=O)c1ccn[nH]1)c1cccc(C=CC(=O)O)c1. The zero-order valence-corrected chi connectivity index (χ0v) is 11.4. The van der Waals surface area contributed by atoms with Crippen LogP contribution in [0, 0.1) is 0 Å². The van der Waals surface area contributed by atoms with Crippen LogP contribution in [0.4, 0.5) is 0 Å². The number of hydrogen-bond acceptors (Lipinski definition) is 3. The van der Waals surface area contributed by atoms with Gasteiger partial charge in [0.25, 0.3) is 5.91 Å². The molecule has 2 aromatic rings. The number of carbonyl (C=O) groups is 2. The van der Waals surface area contributed by atoms with E-state index in [0.717, 1.165) is 17.2 Å². The minimum atomic E-state index is -0.999. The van der Waals surface area contributed by atoms with Crippen LogP contribution >= 0.6 is 0 Å². The summed E-state index contributed by atoms with van der Waals surface area (Å²) in [6.07, 6.45) is 4.10. The number of rotatable bonds is 5. The molecule has 0 aliphatic carbocycles. The van der Waals surface area contributed by atoms with Gasteiger partial charge in [0, 0.05) is 12.3 Å². The number of carboxylic acids is 1. The Morgan fingerprint density at radius 2 is 2.19 bits per heavy atom. The predicted octanol–water partition coefficient (Wildman–Crippen LogP) is 2.00. The summed E-state index contributed by atoms with van der Waals surface area (Å²) in [6, 6.07) is 8.70. The molecule has 0 aliphatic rings. The zero-order chi connectivity index (χ0) is 15.2. The van der Waals surface area contributed by atoms with Crippen molar-refractivity contribution in [3.63, 3.8) is 0 Å². The highest BCUT2D eigenvalue weighted by molar-refractivity contribution is 5.92. The van der Waals surface area contributed by atoms with Gasteiger partial charge >= 0.3 is 5.97 Å². The third-order valence-corrected chi connectivity index (χ3v) is 2.92. The molecular weight excluding hydrogens is 270 g/mol. The molecule has 1 heterocycles. The normalized spacial score (nSPS) is 12.2. The van der Waals surface area contributed by atoms with Crippen molar-refractivity contribution in [1.82, 2.24) is 15.5 Å². The van der Waals surface area contributed by atoms with Crippen LogP contribution in [0.2, 0.25) is 0 Å². The Labute approximate surface area is 121 Å². The van der Waals surface area contributed by atoms with E-state index < -0.39 is 5.97 Å². The van der Waals surface area contributed by atoms with Crippen molar-refractivity contribution >= 4 is 18.0 Å². The number of nitrogens with zero attached hydrogens (tertiary/aromatic N) is 1. The van der Waals surface area contributed by atoms with Gasteiger partial charge in [0.05, 0.1) is 6.04 Å².